The molecule has 0 bridgehead atoms. The van der Waals surface area contributed by atoms with E-state index in [2.05, 4.69) is 16.9 Å². The van der Waals surface area contributed by atoms with Crippen LogP contribution in [-0.4, -0.2) is 36.4 Å². The molecule has 1 unspecified atom stereocenters. The van der Waals surface area contributed by atoms with Crippen LogP contribution in [0.5, 0.6) is 11.6 Å². The lowest BCUT2D eigenvalue weighted by atomic mass is 9.97. The van der Waals surface area contributed by atoms with Crippen molar-refractivity contribution >= 4 is 33.2 Å². The normalized spacial score (nSPS) is 17.4. The van der Waals surface area contributed by atoms with Crippen LogP contribution in [0, 0.1) is 11.7 Å². The van der Waals surface area contributed by atoms with Gasteiger partial charge in [-0.25, -0.2) is 22.8 Å². The summed E-state index contributed by atoms with van der Waals surface area (Å²) in [6.07, 6.45) is 2.17. The molecule has 35 heavy (non-hydrogen) atoms. The van der Waals surface area contributed by atoms with Crippen LogP contribution < -0.4 is 15.4 Å². The van der Waals surface area contributed by atoms with Crippen molar-refractivity contribution in [3.8, 4) is 11.6 Å². The molecule has 1 aromatic carbocycles. The van der Waals surface area contributed by atoms with Crippen molar-refractivity contribution in [1.29, 1.82) is 0 Å². The average molecular weight is 519 g/mol. The Kier molecular flexibility index (Phi) is 6.46. The summed E-state index contributed by atoms with van der Waals surface area (Å²) in [7, 11) is -4.33. The molecule has 1 aliphatic rings. The number of pyridine rings is 2. The van der Waals surface area contributed by atoms with E-state index in [0.29, 0.717) is 12.5 Å². The first-order chi connectivity index (χ1) is 16.4. The lowest BCUT2D eigenvalue weighted by Gasteiger charge is -2.33. The number of aromatic nitrogens is 2. The summed E-state index contributed by atoms with van der Waals surface area (Å²) in [5, 5.41) is -0.549. The molecule has 0 saturated carbocycles. The van der Waals surface area contributed by atoms with Crippen LogP contribution in [0.4, 0.5) is 10.2 Å². The van der Waals surface area contributed by atoms with E-state index >= 15 is 0 Å². The molecule has 1 fully saturated rings. The van der Waals surface area contributed by atoms with E-state index in [1.165, 1.54) is 48.7 Å². The number of carbonyl (C=O) groups excluding carboxylic acids is 1. The minimum atomic E-state index is -4.33. The Balaban J connectivity index is 1.79. The van der Waals surface area contributed by atoms with Crippen molar-refractivity contribution in [3.05, 3.63) is 65.1 Å². The first-order valence-electron chi connectivity index (χ1n) is 10.8. The number of ether oxygens (including phenoxy) is 1. The van der Waals surface area contributed by atoms with E-state index in [-0.39, 0.29) is 38.5 Å². The van der Waals surface area contributed by atoms with Crippen LogP contribution >= 0.6 is 11.6 Å². The quantitative estimate of drug-likeness (QED) is 0.506. The smallest absolute Gasteiger partial charge is 0.253 e. The lowest BCUT2D eigenvalue weighted by molar-refractivity contribution is 0.0997. The topological polar surface area (TPSA) is 115 Å². The predicted molar refractivity (Wildman–Crippen MR) is 129 cm³/mol. The van der Waals surface area contributed by atoms with Gasteiger partial charge in [0.2, 0.25) is 15.7 Å². The number of hydrogen-bond donors (Lipinski definition) is 1. The molecule has 1 aliphatic heterocycles. The van der Waals surface area contributed by atoms with E-state index in [1.807, 2.05) is 18.7 Å². The van der Waals surface area contributed by atoms with Crippen LogP contribution in [0.3, 0.4) is 0 Å². The molecule has 184 valence electrons. The highest BCUT2D eigenvalue weighted by molar-refractivity contribution is 7.91. The number of benzene rings is 1. The molecule has 11 heteroatoms. The number of nitrogens with zero attached hydrogens (tertiary/aromatic N) is 3. The molecule has 2 aromatic heterocycles. The van der Waals surface area contributed by atoms with E-state index < -0.39 is 26.6 Å². The summed E-state index contributed by atoms with van der Waals surface area (Å²) < 4.78 is 46.9. The van der Waals surface area contributed by atoms with Gasteiger partial charge in [0.05, 0.1) is 9.92 Å². The minimum absolute atomic E-state index is 0.152. The van der Waals surface area contributed by atoms with Gasteiger partial charge in [0.15, 0.2) is 16.6 Å². The summed E-state index contributed by atoms with van der Waals surface area (Å²) in [4.78, 5) is 22.5. The summed E-state index contributed by atoms with van der Waals surface area (Å²) >= 11 is 5.78. The molecule has 8 nitrogen and oxygen atoms in total. The molecule has 4 rings (SSSR count). The molecule has 3 aromatic rings. The number of hydrogen-bond acceptors (Lipinski definition) is 7. The van der Waals surface area contributed by atoms with Gasteiger partial charge in [-0.1, -0.05) is 30.7 Å². The third kappa shape index (κ3) is 4.68. The Hall–Kier alpha value is -3.24. The predicted octanol–water partition coefficient (Wildman–Crippen LogP) is 4.62. The first kappa shape index (κ1) is 24.9. The molecule has 0 radical (unpaired) electrons. The lowest BCUT2D eigenvalue weighted by Crippen LogP contribution is -2.40. The highest BCUT2D eigenvalue weighted by Crippen LogP contribution is 2.39. The molecule has 1 amide bonds. The molecule has 2 N–H and O–H groups in total. The fourth-order valence-corrected chi connectivity index (χ4v) is 6.00. The van der Waals surface area contributed by atoms with Crippen molar-refractivity contribution in [2.45, 2.75) is 42.7 Å². The highest BCUT2D eigenvalue weighted by Gasteiger charge is 2.40. The van der Waals surface area contributed by atoms with Gasteiger partial charge in [-0.15, -0.1) is 0 Å². The Morgan fingerprint density at radius 3 is 2.60 bits per heavy atom. The Bertz CT molecular complexity index is 1410. The molecular formula is C24H24ClFN4O4S. The summed E-state index contributed by atoms with van der Waals surface area (Å²) in [6, 6.07) is 9.42. The van der Waals surface area contributed by atoms with Gasteiger partial charge < -0.3 is 15.4 Å². The van der Waals surface area contributed by atoms with Crippen molar-refractivity contribution in [2.24, 2.45) is 11.7 Å². The molecule has 3 heterocycles. The molecule has 0 aliphatic carbocycles. The van der Waals surface area contributed by atoms with Crippen LogP contribution in [0.1, 0.15) is 37.6 Å². The molecule has 0 spiro atoms. The number of anilines is 1. The van der Waals surface area contributed by atoms with Gasteiger partial charge in [-0.3, -0.25) is 4.79 Å². The number of amides is 1. The van der Waals surface area contributed by atoms with Gasteiger partial charge in [0, 0.05) is 24.3 Å². The van der Waals surface area contributed by atoms with Crippen LogP contribution in [0.15, 0.2) is 58.6 Å². The van der Waals surface area contributed by atoms with E-state index in [4.69, 9.17) is 22.1 Å². The number of carbonyl (C=O) groups is 1. The summed E-state index contributed by atoms with van der Waals surface area (Å²) in [5.74, 6) is -1.58. The van der Waals surface area contributed by atoms with Gasteiger partial charge in [-0.2, -0.15) is 0 Å². The molecule has 1 saturated heterocycles. The van der Waals surface area contributed by atoms with E-state index in [9.17, 15) is 17.6 Å². The minimum Gasteiger partial charge on any atom is -0.436 e. The maximum absolute atomic E-state index is 14.2. The monoisotopic (exact) mass is 518 g/mol. The SMILES string of the molecule is CC1CN(c2nccc(S(=O)(=O)c3cccc(Oc4cccc(Cl)c4F)n3)c2C(N)=O)C(C)(C)C1. The largest absolute Gasteiger partial charge is 0.436 e. The number of rotatable bonds is 6. The third-order valence-corrected chi connectivity index (χ3v) is 7.85. The Morgan fingerprint density at radius 2 is 1.94 bits per heavy atom. The van der Waals surface area contributed by atoms with Crippen LogP contribution in [0.2, 0.25) is 5.02 Å². The van der Waals surface area contributed by atoms with Crippen molar-refractivity contribution in [2.75, 3.05) is 11.4 Å². The van der Waals surface area contributed by atoms with Crippen LogP contribution in [-0.2, 0) is 9.84 Å². The number of primary amides is 1. The maximum Gasteiger partial charge on any atom is 0.253 e. The van der Waals surface area contributed by atoms with Gasteiger partial charge in [0.1, 0.15) is 11.4 Å². The Labute approximate surface area is 207 Å². The zero-order chi connectivity index (χ0) is 25.5. The first-order valence-corrected chi connectivity index (χ1v) is 12.7. The third-order valence-electron chi connectivity index (χ3n) is 5.86. The van der Waals surface area contributed by atoms with Crippen LogP contribution in [0.25, 0.3) is 0 Å². The summed E-state index contributed by atoms with van der Waals surface area (Å²) in [5.41, 5.74) is 5.11. The standard InChI is InChI=1S/C24H24ClFN4O4S/c1-14-12-24(2,3)30(13-14)23-20(22(27)31)17(10-11-28-23)35(32,33)19-9-5-8-18(29-19)34-16-7-4-6-15(25)21(16)26/h4-11,14H,12-13H2,1-3H3,(H2,27,31). The van der Waals surface area contributed by atoms with Gasteiger partial charge in [-0.05, 0) is 50.5 Å². The molecule has 1 atom stereocenters. The number of halogens is 2. The second-order valence-corrected chi connectivity index (χ2v) is 11.3. The van der Waals surface area contributed by atoms with E-state index in [1.54, 1.807) is 0 Å². The zero-order valence-corrected chi connectivity index (χ0v) is 20.9. The van der Waals surface area contributed by atoms with Crippen molar-refractivity contribution in [3.63, 3.8) is 0 Å². The zero-order valence-electron chi connectivity index (χ0n) is 19.3. The average Bonchev–Trinajstić information content (AvgIpc) is 3.08. The van der Waals surface area contributed by atoms with Gasteiger partial charge in [0.25, 0.3) is 5.91 Å². The molecular weight excluding hydrogens is 495 g/mol. The summed E-state index contributed by atoms with van der Waals surface area (Å²) in [6.45, 7) is 6.67. The number of sulfone groups is 1. The fourth-order valence-electron chi connectivity index (χ4n) is 4.44. The maximum atomic E-state index is 14.2. The highest BCUT2D eigenvalue weighted by atomic mass is 35.5. The van der Waals surface area contributed by atoms with E-state index in [0.717, 1.165) is 6.42 Å². The van der Waals surface area contributed by atoms with Crippen molar-refractivity contribution in [1.82, 2.24) is 9.97 Å². The Morgan fingerprint density at radius 1 is 1.23 bits per heavy atom. The fraction of sp³-hybridized carbons (Fsp3) is 0.292. The number of nitrogens with two attached hydrogens (primary N) is 1. The second-order valence-electron chi connectivity index (χ2n) is 9.08. The second kappa shape index (κ2) is 9.09. The van der Waals surface area contributed by atoms with Gasteiger partial charge >= 0.3 is 0 Å². The van der Waals surface area contributed by atoms with Crippen molar-refractivity contribution < 1.29 is 22.3 Å².